The lowest BCUT2D eigenvalue weighted by atomic mass is 10.3. The lowest BCUT2D eigenvalue weighted by Crippen LogP contribution is -2.01. The van der Waals surface area contributed by atoms with Gasteiger partial charge in [-0.2, -0.15) is 8.42 Å². The molecule has 0 fully saturated rings. The zero-order chi connectivity index (χ0) is 10.8. The number of ether oxygens (including phenoxy) is 2. The van der Waals surface area contributed by atoms with Crippen LogP contribution in [0.25, 0.3) is 0 Å². The van der Waals surface area contributed by atoms with E-state index in [2.05, 4.69) is 0 Å². The molecule has 0 unspecified atom stereocenters. The predicted molar refractivity (Wildman–Crippen MR) is 49.4 cm³/mol. The van der Waals surface area contributed by atoms with Gasteiger partial charge in [0.15, 0.2) is 0 Å². The second kappa shape index (κ2) is 3.85. The van der Waals surface area contributed by atoms with Crippen molar-refractivity contribution in [3.05, 3.63) is 18.2 Å². The minimum atomic E-state index is -4.28. The van der Waals surface area contributed by atoms with Gasteiger partial charge >= 0.3 is 0 Å². The summed E-state index contributed by atoms with van der Waals surface area (Å²) in [5, 5.41) is 0. The largest absolute Gasteiger partial charge is 0.497 e. The second-order valence-electron chi connectivity index (χ2n) is 2.49. The Kier molecular flexibility index (Phi) is 2.97. The first-order valence-corrected chi connectivity index (χ1v) is 5.12. The Hall–Kier alpha value is -1.27. The van der Waals surface area contributed by atoms with Crippen LogP contribution in [0.3, 0.4) is 0 Å². The summed E-state index contributed by atoms with van der Waals surface area (Å²) < 4.78 is 40.3. The molecule has 0 radical (unpaired) electrons. The van der Waals surface area contributed by atoms with Crippen molar-refractivity contribution in [3.8, 4) is 11.5 Å². The summed E-state index contributed by atoms with van der Waals surface area (Å²) in [5.41, 5.74) is 0. The first kappa shape index (κ1) is 10.8. The molecule has 6 heteroatoms. The quantitative estimate of drug-likeness (QED) is 0.765. The van der Waals surface area contributed by atoms with Crippen molar-refractivity contribution in [1.29, 1.82) is 0 Å². The fraction of sp³-hybridized carbons (Fsp3) is 0.250. The Balaban J connectivity index is 3.37. The van der Waals surface area contributed by atoms with Gasteiger partial charge in [-0.05, 0) is 12.1 Å². The van der Waals surface area contributed by atoms with Gasteiger partial charge < -0.3 is 9.47 Å². The highest BCUT2D eigenvalue weighted by atomic mass is 32.2. The molecular formula is C8H10O5S. The maximum Gasteiger partial charge on any atom is 0.298 e. The lowest BCUT2D eigenvalue weighted by Gasteiger charge is -2.07. The second-order valence-corrected chi connectivity index (χ2v) is 3.88. The highest BCUT2D eigenvalue weighted by Gasteiger charge is 2.17. The topological polar surface area (TPSA) is 72.8 Å². The van der Waals surface area contributed by atoms with Crippen LogP contribution >= 0.6 is 0 Å². The monoisotopic (exact) mass is 218 g/mol. The van der Waals surface area contributed by atoms with Gasteiger partial charge in [-0.25, -0.2) is 0 Å². The van der Waals surface area contributed by atoms with E-state index < -0.39 is 10.1 Å². The number of rotatable bonds is 3. The van der Waals surface area contributed by atoms with Crippen molar-refractivity contribution >= 4 is 10.1 Å². The average molecular weight is 218 g/mol. The zero-order valence-electron chi connectivity index (χ0n) is 7.72. The van der Waals surface area contributed by atoms with Crippen LogP contribution in [-0.4, -0.2) is 27.2 Å². The van der Waals surface area contributed by atoms with Gasteiger partial charge in [0.2, 0.25) is 0 Å². The van der Waals surface area contributed by atoms with Crippen LogP contribution in [0.5, 0.6) is 11.5 Å². The van der Waals surface area contributed by atoms with Crippen LogP contribution in [-0.2, 0) is 10.1 Å². The molecule has 14 heavy (non-hydrogen) atoms. The van der Waals surface area contributed by atoms with E-state index in [0.29, 0.717) is 5.75 Å². The van der Waals surface area contributed by atoms with E-state index in [0.717, 1.165) is 0 Å². The summed E-state index contributed by atoms with van der Waals surface area (Å²) in [6.07, 6.45) is 0. The third kappa shape index (κ3) is 2.15. The Morgan fingerprint density at radius 3 is 2.29 bits per heavy atom. The first-order chi connectivity index (χ1) is 6.49. The first-order valence-electron chi connectivity index (χ1n) is 3.68. The van der Waals surface area contributed by atoms with Crippen molar-refractivity contribution in [2.75, 3.05) is 14.2 Å². The van der Waals surface area contributed by atoms with E-state index >= 15 is 0 Å². The lowest BCUT2D eigenvalue weighted by molar-refractivity contribution is 0.388. The van der Waals surface area contributed by atoms with Gasteiger partial charge in [-0.15, -0.1) is 0 Å². The summed E-state index contributed by atoms with van der Waals surface area (Å²) in [5.74, 6) is 0.409. The van der Waals surface area contributed by atoms with Crippen LogP contribution in [0.4, 0.5) is 0 Å². The van der Waals surface area contributed by atoms with Gasteiger partial charge in [-0.3, -0.25) is 4.55 Å². The number of methoxy groups -OCH3 is 2. The molecular weight excluding hydrogens is 208 g/mol. The van der Waals surface area contributed by atoms with Crippen molar-refractivity contribution in [2.24, 2.45) is 0 Å². The van der Waals surface area contributed by atoms with Gasteiger partial charge in [0, 0.05) is 6.07 Å². The van der Waals surface area contributed by atoms with E-state index in [9.17, 15) is 8.42 Å². The number of hydrogen-bond donors (Lipinski definition) is 1. The fourth-order valence-electron chi connectivity index (χ4n) is 0.986. The van der Waals surface area contributed by atoms with Gasteiger partial charge in [0.1, 0.15) is 16.4 Å². The molecule has 78 valence electrons. The molecule has 0 aliphatic heterocycles. The van der Waals surface area contributed by atoms with Crippen LogP contribution < -0.4 is 9.47 Å². The number of benzene rings is 1. The summed E-state index contributed by atoms with van der Waals surface area (Å²) in [6, 6.07) is 4.13. The van der Waals surface area contributed by atoms with Crippen molar-refractivity contribution in [1.82, 2.24) is 0 Å². The SMILES string of the molecule is COc1ccc(OC)c(S(=O)(=O)O)c1. The molecule has 0 aliphatic carbocycles. The summed E-state index contributed by atoms with van der Waals surface area (Å²) in [7, 11) is -1.57. The Morgan fingerprint density at radius 1 is 1.21 bits per heavy atom. The van der Waals surface area contributed by atoms with E-state index in [-0.39, 0.29) is 10.6 Å². The molecule has 0 saturated carbocycles. The summed E-state index contributed by atoms with van der Waals surface area (Å²) >= 11 is 0. The predicted octanol–water partition coefficient (Wildman–Crippen LogP) is 0.950. The highest BCUT2D eigenvalue weighted by molar-refractivity contribution is 7.86. The van der Waals surface area contributed by atoms with E-state index in [1.54, 1.807) is 0 Å². The fourth-order valence-corrected chi connectivity index (χ4v) is 1.66. The minimum Gasteiger partial charge on any atom is -0.497 e. The Labute approximate surface area is 82.0 Å². The molecule has 1 aromatic rings. The Morgan fingerprint density at radius 2 is 1.86 bits per heavy atom. The van der Waals surface area contributed by atoms with Gasteiger partial charge in [0.25, 0.3) is 10.1 Å². The maximum absolute atomic E-state index is 10.9. The highest BCUT2D eigenvalue weighted by Crippen LogP contribution is 2.27. The zero-order valence-corrected chi connectivity index (χ0v) is 8.54. The van der Waals surface area contributed by atoms with Crippen molar-refractivity contribution in [3.63, 3.8) is 0 Å². The molecule has 5 nitrogen and oxygen atoms in total. The van der Waals surface area contributed by atoms with Crippen LogP contribution in [0.1, 0.15) is 0 Å². The van der Waals surface area contributed by atoms with E-state index in [4.69, 9.17) is 14.0 Å². The van der Waals surface area contributed by atoms with Gasteiger partial charge in [0.05, 0.1) is 14.2 Å². The Bertz CT molecular complexity index is 423. The van der Waals surface area contributed by atoms with Crippen LogP contribution in [0, 0.1) is 0 Å². The van der Waals surface area contributed by atoms with E-state index in [1.807, 2.05) is 0 Å². The van der Waals surface area contributed by atoms with Crippen molar-refractivity contribution in [2.45, 2.75) is 4.90 Å². The maximum atomic E-state index is 10.9. The molecule has 0 atom stereocenters. The smallest absolute Gasteiger partial charge is 0.298 e. The molecule has 1 N–H and O–H groups in total. The molecule has 1 aromatic carbocycles. The number of hydrogen-bond acceptors (Lipinski definition) is 4. The molecule has 0 amide bonds. The molecule has 1 rings (SSSR count). The summed E-state index contributed by atoms with van der Waals surface area (Å²) in [4.78, 5) is -0.306. The third-order valence-corrected chi connectivity index (χ3v) is 2.52. The van der Waals surface area contributed by atoms with Gasteiger partial charge in [-0.1, -0.05) is 0 Å². The van der Waals surface area contributed by atoms with E-state index in [1.165, 1.54) is 32.4 Å². The molecule has 0 aromatic heterocycles. The van der Waals surface area contributed by atoms with Crippen molar-refractivity contribution < 1.29 is 22.4 Å². The molecule has 0 heterocycles. The summed E-state index contributed by atoms with van der Waals surface area (Å²) in [6.45, 7) is 0. The molecule has 0 saturated heterocycles. The standard InChI is InChI=1S/C8H10O5S/c1-12-6-3-4-7(13-2)8(5-6)14(9,10)11/h3-5H,1-2H3,(H,9,10,11). The van der Waals surface area contributed by atoms with Crippen LogP contribution in [0.15, 0.2) is 23.1 Å². The van der Waals surface area contributed by atoms with Crippen LogP contribution in [0.2, 0.25) is 0 Å². The average Bonchev–Trinajstić information content (AvgIpc) is 2.15. The molecule has 0 spiro atoms. The molecule has 0 bridgehead atoms. The third-order valence-electron chi connectivity index (χ3n) is 1.65. The minimum absolute atomic E-state index is 0.0771. The normalized spacial score (nSPS) is 11.1. The molecule has 0 aliphatic rings.